The van der Waals surface area contributed by atoms with Crippen LogP contribution in [0, 0.1) is 5.82 Å². The Hall–Kier alpha value is -2.92. The van der Waals surface area contributed by atoms with Crippen molar-refractivity contribution in [1.82, 2.24) is 0 Å². The third kappa shape index (κ3) is 3.21. The summed E-state index contributed by atoms with van der Waals surface area (Å²) in [6.45, 7) is 0. The summed E-state index contributed by atoms with van der Waals surface area (Å²) < 4.78 is 13.2. The Bertz CT molecular complexity index is 972. The van der Waals surface area contributed by atoms with E-state index in [1.807, 2.05) is 0 Å². The highest BCUT2D eigenvalue weighted by atomic mass is 35.5. The topological polar surface area (TPSA) is 66.4 Å². The van der Waals surface area contributed by atoms with Gasteiger partial charge in [0.15, 0.2) is 0 Å². The molecule has 0 radical (unpaired) electrons. The van der Waals surface area contributed by atoms with Crippen LogP contribution in [0.5, 0.6) is 0 Å². The lowest BCUT2D eigenvalue weighted by Gasteiger charge is -2.09. The van der Waals surface area contributed by atoms with Crippen LogP contribution in [-0.4, -0.2) is 17.0 Å². The molecule has 24 heavy (non-hydrogen) atoms. The van der Waals surface area contributed by atoms with Crippen molar-refractivity contribution in [3.05, 3.63) is 76.6 Å². The largest absolute Gasteiger partial charge is 0.478 e. The van der Waals surface area contributed by atoms with E-state index in [9.17, 15) is 19.1 Å². The molecule has 0 bridgehead atoms. The maximum absolute atomic E-state index is 13.2. The second-order valence-corrected chi connectivity index (χ2v) is 5.59. The van der Waals surface area contributed by atoms with E-state index in [4.69, 9.17) is 11.6 Å². The number of carboxylic acids is 1. The first-order valence-corrected chi connectivity index (χ1v) is 7.35. The zero-order valence-corrected chi connectivity index (χ0v) is 13.0. The minimum absolute atomic E-state index is 0.0984. The van der Waals surface area contributed by atoms with E-state index in [1.165, 1.54) is 30.3 Å². The van der Waals surface area contributed by atoms with Crippen molar-refractivity contribution in [3.63, 3.8) is 0 Å². The molecule has 3 rings (SSSR count). The molecule has 0 saturated heterocycles. The number of carbonyl (C=O) groups is 2. The van der Waals surface area contributed by atoms with Gasteiger partial charge in [0.25, 0.3) is 5.91 Å². The Labute approximate surface area is 141 Å². The number of halogens is 2. The van der Waals surface area contributed by atoms with Crippen LogP contribution in [0.2, 0.25) is 5.02 Å². The van der Waals surface area contributed by atoms with Gasteiger partial charge < -0.3 is 10.4 Å². The average molecular weight is 344 g/mol. The monoisotopic (exact) mass is 343 g/mol. The van der Waals surface area contributed by atoms with Gasteiger partial charge in [-0.2, -0.15) is 0 Å². The van der Waals surface area contributed by atoms with Gasteiger partial charge in [0.2, 0.25) is 0 Å². The van der Waals surface area contributed by atoms with Crippen molar-refractivity contribution in [3.8, 4) is 0 Å². The molecule has 0 heterocycles. The van der Waals surface area contributed by atoms with Crippen LogP contribution >= 0.6 is 11.6 Å². The standard InChI is InChI=1S/C18H11ClFNO3/c19-13-4-6-16(15(9-13)18(23)24)21-17(22)12-2-1-11-8-14(20)5-3-10(11)7-12/h1-9H,(H,21,22)(H,23,24). The minimum atomic E-state index is -1.19. The highest BCUT2D eigenvalue weighted by Crippen LogP contribution is 2.23. The molecule has 3 aromatic carbocycles. The van der Waals surface area contributed by atoms with E-state index < -0.39 is 11.9 Å². The number of hydrogen-bond donors (Lipinski definition) is 2. The number of hydrogen-bond acceptors (Lipinski definition) is 2. The van der Waals surface area contributed by atoms with Crippen molar-refractivity contribution in [2.75, 3.05) is 5.32 Å². The first-order chi connectivity index (χ1) is 11.4. The number of carboxylic acid groups (broad SMARTS) is 1. The molecule has 0 unspecified atom stereocenters. The van der Waals surface area contributed by atoms with Gasteiger partial charge in [-0.15, -0.1) is 0 Å². The molecule has 1 amide bonds. The fourth-order valence-corrected chi connectivity index (χ4v) is 2.53. The summed E-state index contributed by atoms with van der Waals surface area (Å²) >= 11 is 5.79. The average Bonchev–Trinajstić information content (AvgIpc) is 2.55. The van der Waals surface area contributed by atoms with Crippen LogP contribution in [0.3, 0.4) is 0 Å². The highest BCUT2D eigenvalue weighted by Gasteiger charge is 2.14. The van der Waals surface area contributed by atoms with Gasteiger partial charge in [0.1, 0.15) is 5.82 Å². The molecule has 4 nitrogen and oxygen atoms in total. The van der Waals surface area contributed by atoms with Crippen molar-refractivity contribution < 1.29 is 19.1 Å². The van der Waals surface area contributed by atoms with Crippen LogP contribution in [0.15, 0.2) is 54.6 Å². The van der Waals surface area contributed by atoms with Crippen LogP contribution < -0.4 is 5.32 Å². The number of benzene rings is 3. The predicted molar refractivity (Wildman–Crippen MR) is 90.3 cm³/mol. The Morgan fingerprint density at radius 1 is 0.958 bits per heavy atom. The highest BCUT2D eigenvalue weighted by molar-refractivity contribution is 6.31. The fraction of sp³-hybridized carbons (Fsp3) is 0. The minimum Gasteiger partial charge on any atom is -0.478 e. The number of fused-ring (bicyclic) bond motifs is 1. The van der Waals surface area contributed by atoms with Crippen molar-refractivity contribution in [2.45, 2.75) is 0 Å². The Kier molecular flexibility index (Phi) is 4.18. The second-order valence-electron chi connectivity index (χ2n) is 5.16. The molecular weight excluding hydrogens is 333 g/mol. The molecular formula is C18H11ClFNO3. The van der Waals surface area contributed by atoms with Gasteiger partial charge in [-0.3, -0.25) is 4.79 Å². The summed E-state index contributed by atoms with van der Waals surface area (Å²) in [6.07, 6.45) is 0. The quantitative estimate of drug-likeness (QED) is 0.731. The zero-order valence-electron chi connectivity index (χ0n) is 12.2. The molecule has 0 saturated carbocycles. The molecule has 0 spiro atoms. The van der Waals surface area contributed by atoms with Gasteiger partial charge in [-0.05, 0) is 53.2 Å². The summed E-state index contributed by atoms with van der Waals surface area (Å²) in [5, 5.41) is 13.4. The van der Waals surface area contributed by atoms with Gasteiger partial charge in [-0.25, -0.2) is 9.18 Å². The molecule has 2 N–H and O–H groups in total. The molecule has 0 aliphatic heterocycles. The van der Waals surface area contributed by atoms with E-state index in [0.29, 0.717) is 16.3 Å². The van der Waals surface area contributed by atoms with Crippen LogP contribution in [0.1, 0.15) is 20.7 Å². The number of nitrogens with one attached hydrogen (secondary N) is 1. The summed E-state index contributed by atoms with van der Waals surface area (Å²) in [5.41, 5.74) is 0.384. The SMILES string of the molecule is O=C(Nc1ccc(Cl)cc1C(=O)O)c1ccc2cc(F)ccc2c1. The second kappa shape index (κ2) is 6.29. The zero-order chi connectivity index (χ0) is 17.3. The van der Waals surface area contributed by atoms with E-state index in [2.05, 4.69) is 5.32 Å². The first kappa shape index (κ1) is 16.0. The predicted octanol–water partition coefficient (Wildman–Crippen LogP) is 4.58. The van der Waals surface area contributed by atoms with Gasteiger partial charge >= 0.3 is 5.97 Å². The summed E-state index contributed by atoms with van der Waals surface area (Å²) in [6, 6.07) is 13.2. The number of anilines is 1. The lowest BCUT2D eigenvalue weighted by atomic mass is 10.1. The molecule has 0 aromatic heterocycles. The van der Waals surface area contributed by atoms with E-state index in [0.717, 1.165) is 0 Å². The summed E-state index contributed by atoms with van der Waals surface area (Å²) in [4.78, 5) is 23.6. The maximum Gasteiger partial charge on any atom is 0.337 e. The summed E-state index contributed by atoms with van der Waals surface area (Å²) in [7, 11) is 0. The number of rotatable bonds is 3. The van der Waals surface area contributed by atoms with Crippen molar-refractivity contribution >= 4 is 39.9 Å². The van der Waals surface area contributed by atoms with E-state index in [-0.39, 0.29) is 22.1 Å². The Morgan fingerprint density at radius 3 is 2.42 bits per heavy atom. The number of aromatic carboxylic acids is 1. The lowest BCUT2D eigenvalue weighted by molar-refractivity contribution is 0.0698. The first-order valence-electron chi connectivity index (χ1n) is 6.97. The number of amides is 1. The molecule has 0 aliphatic carbocycles. The van der Waals surface area contributed by atoms with E-state index in [1.54, 1.807) is 24.3 Å². The van der Waals surface area contributed by atoms with Crippen molar-refractivity contribution in [2.24, 2.45) is 0 Å². The summed E-state index contributed by atoms with van der Waals surface area (Å²) in [5.74, 6) is -2.01. The van der Waals surface area contributed by atoms with Crippen LogP contribution in [0.25, 0.3) is 10.8 Å². The van der Waals surface area contributed by atoms with Crippen molar-refractivity contribution in [1.29, 1.82) is 0 Å². The molecule has 0 aliphatic rings. The Balaban J connectivity index is 1.93. The third-order valence-corrected chi connectivity index (χ3v) is 3.76. The molecule has 3 aromatic rings. The molecule has 120 valence electrons. The molecule has 0 fully saturated rings. The Morgan fingerprint density at radius 2 is 1.67 bits per heavy atom. The fourth-order valence-electron chi connectivity index (χ4n) is 2.35. The van der Waals surface area contributed by atoms with Crippen LogP contribution in [-0.2, 0) is 0 Å². The molecule has 6 heteroatoms. The third-order valence-electron chi connectivity index (χ3n) is 3.52. The normalized spacial score (nSPS) is 10.6. The van der Waals surface area contributed by atoms with Crippen LogP contribution in [0.4, 0.5) is 10.1 Å². The smallest absolute Gasteiger partial charge is 0.337 e. The maximum atomic E-state index is 13.2. The molecule has 0 atom stereocenters. The van der Waals surface area contributed by atoms with Gasteiger partial charge in [-0.1, -0.05) is 23.7 Å². The van der Waals surface area contributed by atoms with Gasteiger partial charge in [0.05, 0.1) is 11.3 Å². The lowest BCUT2D eigenvalue weighted by Crippen LogP contribution is -2.14. The van der Waals surface area contributed by atoms with E-state index >= 15 is 0 Å². The van der Waals surface area contributed by atoms with Gasteiger partial charge in [0, 0.05) is 10.6 Å². The number of carbonyl (C=O) groups excluding carboxylic acids is 1.